The monoisotopic (exact) mass is 226 g/mol. The Kier molecular flexibility index (Phi) is 5.85. The van der Waals surface area contributed by atoms with Gasteiger partial charge in [-0.3, -0.25) is 0 Å². The smallest absolute Gasteiger partial charge is 0.0553 e. The molecule has 0 aliphatic heterocycles. The van der Waals surface area contributed by atoms with Gasteiger partial charge in [0.2, 0.25) is 0 Å². The van der Waals surface area contributed by atoms with Crippen LogP contribution < -0.4 is 11.5 Å². The quantitative estimate of drug-likeness (QED) is 0.680. The van der Waals surface area contributed by atoms with Crippen LogP contribution in [0.4, 0.5) is 11.4 Å². The van der Waals surface area contributed by atoms with Gasteiger partial charge in [-0.05, 0) is 17.7 Å². The Hall–Kier alpha value is -1.26. The van der Waals surface area contributed by atoms with Crippen molar-refractivity contribution < 1.29 is 9.84 Å². The molecule has 92 valence electrons. The van der Waals surface area contributed by atoms with Crippen molar-refractivity contribution in [2.45, 2.75) is 19.3 Å². The van der Waals surface area contributed by atoms with Crippen LogP contribution in [-0.4, -0.2) is 25.9 Å². The van der Waals surface area contributed by atoms with E-state index in [1.54, 1.807) is 7.11 Å². The van der Waals surface area contributed by atoms with E-state index >= 15 is 0 Å². The molecule has 0 aliphatic rings. The van der Waals surface area contributed by atoms with Crippen LogP contribution in [-0.2, 0) is 10.2 Å². The molecular weight excluding hydrogens is 204 g/mol. The number of methoxy groups -OCH3 is 1. The molecule has 1 aromatic carbocycles. The Morgan fingerprint density at radius 2 is 1.75 bits per heavy atom. The zero-order valence-electron chi connectivity index (χ0n) is 10.4. The third-order valence-corrected chi connectivity index (χ3v) is 2.37. The highest BCUT2D eigenvalue weighted by Crippen LogP contribution is 2.27. The summed E-state index contributed by atoms with van der Waals surface area (Å²) in [7, 11) is 2.70. The molecule has 0 aliphatic carbocycles. The second kappa shape index (κ2) is 6.35. The Balaban J connectivity index is 0.00000106. The molecule has 1 rings (SSSR count). The summed E-state index contributed by atoms with van der Waals surface area (Å²) < 4.78 is 5.16. The Labute approximate surface area is 97.2 Å². The van der Waals surface area contributed by atoms with Crippen molar-refractivity contribution in [3.63, 3.8) is 0 Å². The van der Waals surface area contributed by atoms with Crippen LogP contribution in [0, 0.1) is 0 Å². The summed E-state index contributed by atoms with van der Waals surface area (Å²) in [5.41, 5.74) is 13.8. The molecule has 0 saturated heterocycles. The van der Waals surface area contributed by atoms with Crippen LogP contribution in [0.5, 0.6) is 0 Å². The number of rotatable bonds is 3. The lowest BCUT2D eigenvalue weighted by atomic mass is 9.85. The number of hydrogen-bond acceptors (Lipinski definition) is 4. The van der Waals surface area contributed by atoms with Gasteiger partial charge in [-0.15, -0.1) is 0 Å². The molecule has 0 aromatic heterocycles. The van der Waals surface area contributed by atoms with E-state index in [9.17, 15) is 0 Å². The van der Waals surface area contributed by atoms with Gasteiger partial charge in [0, 0.05) is 19.6 Å². The number of aliphatic hydroxyl groups excluding tert-OH is 1. The number of nitrogen functional groups attached to an aromatic ring is 2. The van der Waals surface area contributed by atoms with Gasteiger partial charge in [0.05, 0.1) is 18.0 Å². The van der Waals surface area contributed by atoms with Crippen molar-refractivity contribution in [3.05, 3.63) is 23.8 Å². The normalized spacial score (nSPS) is 10.6. The molecule has 5 N–H and O–H groups in total. The number of ether oxygens (including phenoxy) is 1. The Morgan fingerprint density at radius 3 is 2.19 bits per heavy atom. The third kappa shape index (κ3) is 3.72. The number of nitrogens with two attached hydrogens (primary N) is 2. The van der Waals surface area contributed by atoms with Crippen molar-refractivity contribution in [1.82, 2.24) is 0 Å². The van der Waals surface area contributed by atoms with Gasteiger partial charge in [0.25, 0.3) is 0 Å². The van der Waals surface area contributed by atoms with Crippen LogP contribution in [0.25, 0.3) is 0 Å². The highest BCUT2D eigenvalue weighted by molar-refractivity contribution is 5.64. The topological polar surface area (TPSA) is 81.5 Å². The first-order chi connectivity index (χ1) is 7.47. The van der Waals surface area contributed by atoms with Crippen LogP contribution in [0.15, 0.2) is 18.2 Å². The van der Waals surface area contributed by atoms with E-state index < -0.39 is 0 Å². The lowest BCUT2D eigenvalue weighted by molar-refractivity contribution is 0.146. The van der Waals surface area contributed by atoms with E-state index in [0.717, 1.165) is 12.7 Å². The van der Waals surface area contributed by atoms with Gasteiger partial charge in [0.15, 0.2) is 0 Å². The van der Waals surface area contributed by atoms with Crippen LogP contribution in [0.2, 0.25) is 0 Å². The van der Waals surface area contributed by atoms with Crippen LogP contribution in [0.1, 0.15) is 19.4 Å². The molecule has 0 atom stereocenters. The number of hydrogen-bond donors (Lipinski definition) is 3. The Morgan fingerprint density at radius 1 is 1.19 bits per heavy atom. The summed E-state index contributed by atoms with van der Waals surface area (Å²) in [6.07, 6.45) is 0. The van der Waals surface area contributed by atoms with E-state index in [4.69, 9.17) is 21.3 Å². The second-order valence-electron chi connectivity index (χ2n) is 4.16. The molecule has 0 unspecified atom stereocenters. The van der Waals surface area contributed by atoms with Crippen molar-refractivity contribution in [3.8, 4) is 0 Å². The zero-order valence-corrected chi connectivity index (χ0v) is 10.4. The lowest BCUT2D eigenvalue weighted by Gasteiger charge is -2.24. The average Bonchev–Trinajstić information content (AvgIpc) is 2.25. The first kappa shape index (κ1) is 14.7. The number of benzene rings is 1. The molecule has 4 nitrogen and oxygen atoms in total. The fraction of sp³-hybridized carbons (Fsp3) is 0.500. The molecule has 0 amide bonds. The molecule has 0 saturated carbocycles. The van der Waals surface area contributed by atoms with Crippen molar-refractivity contribution in [2.24, 2.45) is 0 Å². The molecule has 4 heteroatoms. The van der Waals surface area contributed by atoms with Crippen molar-refractivity contribution in [1.29, 1.82) is 0 Å². The predicted molar refractivity (Wildman–Crippen MR) is 68.3 cm³/mol. The summed E-state index contributed by atoms with van der Waals surface area (Å²) in [6.45, 7) is 4.89. The zero-order chi connectivity index (χ0) is 12.8. The molecule has 0 spiro atoms. The van der Waals surface area contributed by atoms with Crippen molar-refractivity contribution >= 4 is 11.4 Å². The van der Waals surface area contributed by atoms with Gasteiger partial charge in [-0.25, -0.2) is 0 Å². The standard InChI is InChI=1S/C11H18N2O.CH4O/c1-11(2,7-14-3)8-4-5-9(12)10(13)6-8;1-2/h4-6H,7,12-13H2,1-3H3;2H,1H3. The predicted octanol–water partition coefficient (Wildman–Crippen LogP) is 1.38. The average molecular weight is 226 g/mol. The lowest BCUT2D eigenvalue weighted by Crippen LogP contribution is -2.23. The van der Waals surface area contributed by atoms with Crippen molar-refractivity contribution in [2.75, 3.05) is 32.3 Å². The van der Waals surface area contributed by atoms with Crippen LogP contribution >= 0.6 is 0 Å². The number of aliphatic hydroxyl groups is 1. The van der Waals surface area contributed by atoms with E-state index in [-0.39, 0.29) is 5.41 Å². The summed E-state index contributed by atoms with van der Waals surface area (Å²) >= 11 is 0. The fourth-order valence-electron chi connectivity index (χ4n) is 1.44. The van der Waals surface area contributed by atoms with E-state index in [1.807, 2.05) is 18.2 Å². The van der Waals surface area contributed by atoms with Crippen LogP contribution in [0.3, 0.4) is 0 Å². The maximum atomic E-state index is 7.00. The Bertz CT molecular complexity index is 325. The molecule has 0 radical (unpaired) electrons. The third-order valence-electron chi connectivity index (χ3n) is 2.37. The first-order valence-electron chi connectivity index (χ1n) is 5.06. The maximum absolute atomic E-state index is 7.00. The van der Waals surface area contributed by atoms with E-state index in [1.165, 1.54) is 0 Å². The maximum Gasteiger partial charge on any atom is 0.0553 e. The van der Waals surface area contributed by atoms with Gasteiger partial charge in [0.1, 0.15) is 0 Å². The minimum atomic E-state index is -0.0312. The SMILES string of the molecule is CO.COCC(C)(C)c1ccc(N)c(N)c1. The van der Waals surface area contributed by atoms with Gasteiger partial charge in [-0.2, -0.15) is 0 Å². The molecule has 16 heavy (non-hydrogen) atoms. The van der Waals surface area contributed by atoms with E-state index in [2.05, 4.69) is 13.8 Å². The van der Waals surface area contributed by atoms with Gasteiger partial charge in [-0.1, -0.05) is 19.9 Å². The minimum absolute atomic E-state index is 0.0312. The first-order valence-corrected chi connectivity index (χ1v) is 5.06. The highest BCUT2D eigenvalue weighted by atomic mass is 16.5. The largest absolute Gasteiger partial charge is 0.400 e. The van der Waals surface area contributed by atoms with E-state index in [0.29, 0.717) is 18.0 Å². The summed E-state index contributed by atoms with van der Waals surface area (Å²) in [5, 5.41) is 7.00. The summed E-state index contributed by atoms with van der Waals surface area (Å²) in [6, 6.07) is 5.74. The number of anilines is 2. The van der Waals surface area contributed by atoms with Gasteiger partial charge >= 0.3 is 0 Å². The second-order valence-corrected chi connectivity index (χ2v) is 4.16. The molecule has 0 heterocycles. The molecule has 0 bridgehead atoms. The molecule has 1 aromatic rings. The summed E-state index contributed by atoms with van der Waals surface area (Å²) in [4.78, 5) is 0. The summed E-state index contributed by atoms with van der Waals surface area (Å²) in [5.74, 6) is 0. The highest BCUT2D eigenvalue weighted by Gasteiger charge is 2.20. The molecule has 0 fully saturated rings. The van der Waals surface area contributed by atoms with Gasteiger partial charge < -0.3 is 21.3 Å². The fourth-order valence-corrected chi connectivity index (χ4v) is 1.44. The minimum Gasteiger partial charge on any atom is -0.400 e. The molecular formula is C12H22N2O2.